The van der Waals surface area contributed by atoms with Crippen molar-refractivity contribution in [2.75, 3.05) is 13.1 Å². The van der Waals surface area contributed by atoms with Crippen LogP contribution in [0.5, 0.6) is 0 Å². The molecule has 0 radical (unpaired) electrons. The molecule has 0 spiro atoms. The van der Waals surface area contributed by atoms with Crippen LogP contribution in [0, 0.1) is 6.92 Å². The molecule has 1 heterocycles. The lowest BCUT2D eigenvalue weighted by atomic mass is 9.97. The van der Waals surface area contributed by atoms with Gasteiger partial charge in [0.1, 0.15) is 5.54 Å². The van der Waals surface area contributed by atoms with E-state index in [2.05, 4.69) is 5.32 Å². The van der Waals surface area contributed by atoms with E-state index in [1.54, 1.807) is 18.7 Å². The highest BCUT2D eigenvalue weighted by atomic mass is 16.2. The number of rotatable bonds is 2. The standard InChI is InChI=1S/C15H20N2O2/c1-11-5-4-6-12(9-11)10-13(18)17-8-7-16-14(19)15(17,2)3/h4-6,9H,7-8,10H2,1-3H3,(H,16,19). The van der Waals surface area contributed by atoms with E-state index in [1.807, 2.05) is 31.2 Å². The number of nitrogens with zero attached hydrogens (tertiary/aromatic N) is 1. The van der Waals surface area contributed by atoms with E-state index in [0.29, 0.717) is 19.5 Å². The molecule has 2 rings (SSSR count). The summed E-state index contributed by atoms with van der Waals surface area (Å²) in [5.74, 6) is -0.0817. The number of piperazine rings is 1. The Hall–Kier alpha value is -1.84. The van der Waals surface area contributed by atoms with Crippen molar-refractivity contribution >= 4 is 11.8 Å². The summed E-state index contributed by atoms with van der Waals surface area (Å²) >= 11 is 0. The monoisotopic (exact) mass is 260 g/mol. The van der Waals surface area contributed by atoms with E-state index in [9.17, 15) is 9.59 Å². The highest BCUT2D eigenvalue weighted by Crippen LogP contribution is 2.19. The zero-order chi connectivity index (χ0) is 14.0. The molecule has 4 heteroatoms. The Morgan fingerprint density at radius 3 is 2.84 bits per heavy atom. The summed E-state index contributed by atoms with van der Waals surface area (Å²) in [6.07, 6.45) is 0.346. The fourth-order valence-corrected chi connectivity index (χ4v) is 2.43. The van der Waals surface area contributed by atoms with Crippen molar-refractivity contribution in [2.24, 2.45) is 0 Å². The zero-order valence-corrected chi connectivity index (χ0v) is 11.7. The normalized spacial score (nSPS) is 18.1. The van der Waals surface area contributed by atoms with Gasteiger partial charge in [-0.1, -0.05) is 29.8 Å². The second-order valence-electron chi connectivity index (χ2n) is 5.53. The van der Waals surface area contributed by atoms with Crippen molar-refractivity contribution in [3.8, 4) is 0 Å². The van der Waals surface area contributed by atoms with E-state index < -0.39 is 5.54 Å². The van der Waals surface area contributed by atoms with Crippen molar-refractivity contribution in [2.45, 2.75) is 32.7 Å². The molecule has 1 aromatic carbocycles. The van der Waals surface area contributed by atoms with Gasteiger partial charge in [-0.2, -0.15) is 0 Å². The third-order valence-electron chi connectivity index (χ3n) is 3.59. The van der Waals surface area contributed by atoms with E-state index in [-0.39, 0.29) is 11.8 Å². The third kappa shape index (κ3) is 2.78. The molecule has 1 aromatic rings. The van der Waals surface area contributed by atoms with E-state index in [1.165, 1.54) is 0 Å². The van der Waals surface area contributed by atoms with Crippen LogP contribution in [0.25, 0.3) is 0 Å². The van der Waals surface area contributed by atoms with Crippen molar-refractivity contribution in [1.82, 2.24) is 10.2 Å². The second-order valence-corrected chi connectivity index (χ2v) is 5.53. The average molecular weight is 260 g/mol. The first-order valence-electron chi connectivity index (χ1n) is 6.55. The van der Waals surface area contributed by atoms with Crippen LogP contribution in [-0.4, -0.2) is 35.3 Å². The molecule has 102 valence electrons. The molecule has 0 aromatic heterocycles. The molecule has 1 saturated heterocycles. The van der Waals surface area contributed by atoms with Crippen LogP contribution in [0.4, 0.5) is 0 Å². The number of hydrogen-bond acceptors (Lipinski definition) is 2. The van der Waals surface area contributed by atoms with Gasteiger partial charge in [-0.05, 0) is 26.3 Å². The van der Waals surface area contributed by atoms with Crippen LogP contribution in [0.3, 0.4) is 0 Å². The highest BCUT2D eigenvalue weighted by Gasteiger charge is 2.40. The van der Waals surface area contributed by atoms with Crippen LogP contribution in [0.2, 0.25) is 0 Å². The fourth-order valence-electron chi connectivity index (χ4n) is 2.43. The molecule has 0 unspecified atom stereocenters. The zero-order valence-electron chi connectivity index (χ0n) is 11.7. The lowest BCUT2D eigenvalue weighted by Gasteiger charge is -2.41. The minimum absolute atomic E-state index is 0.00505. The Bertz CT molecular complexity index is 509. The maximum absolute atomic E-state index is 12.4. The molecule has 1 N–H and O–H groups in total. The molecular formula is C15H20N2O2. The Morgan fingerprint density at radius 2 is 2.16 bits per heavy atom. The largest absolute Gasteiger partial charge is 0.352 e. The lowest BCUT2D eigenvalue weighted by Crippen LogP contribution is -2.63. The van der Waals surface area contributed by atoms with Gasteiger partial charge >= 0.3 is 0 Å². The molecule has 2 amide bonds. The molecule has 1 aliphatic heterocycles. The smallest absolute Gasteiger partial charge is 0.245 e. The number of aryl methyl sites for hydroxylation is 1. The average Bonchev–Trinajstić information content (AvgIpc) is 2.32. The number of nitrogens with one attached hydrogen (secondary N) is 1. The number of amides is 2. The molecular weight excluding hydrogens is 240 g/mol. The molecule has 0 bridgehead atoms. The molecule has 0 saturated carbocycles. The Balaban J connectivity index is 2.13. The predicted octanol–water partition coefficient (Wildman–Crippen LogP) is 1.27. The van der Waals surface area contributed by atoms with E-state index in [4.69, 9.17) is 0 Å². The SMILES string of the molecule is Cc1cccc(CC(=O)N2CCNC(=O)C2(C)C)c1. The Morgan fingerprint density at radius 1 is 1.42 bits per heavy atom. The van der Waals surface area contributed by atoms with Crippen molar-refractivity contribution in [1.29, 1.82) is 0 Å². The summed E-state index contributed by atoms with van der Waals surface area (Å²) in [6.45, 7) is 6.68. The summed E-state index contributed by atoms with van der Waals surface area (Å²) in [5.41, 5.74) is 1.37. The summed E-state index contributed by atoms with van der Waals surface area (Å²) in [4.78, 5) is 25.9. The van der Waals surface area contributed by atoms with Crippen LogP contribution in [0.15, 0.2) is 24.3 Å². The van der Waals surface area contributed by atoms with Gasteiger partial charge in [0.2, 0.25) is 11.8 Å². The van der Waals surface area contributed by atoms with Crippen LogP contribution >= 0.6 is 0 Å². The quantitative estimate of drug-likeness (QED) is 0.870. The molecule has 0 atom stereocenters. The van der Waals surface area contributed by atoms with Gasteiger partial charge in [0.05, 0.1) is 6.42 Å². The first-order chi connectivity index (χ1) is 8.91. The minimum atomic E-state index is -0.765. The van der Waals surface area contributed by atoms with E-state index in [0.717, 1.165) is 11.1 Å². The van der Waals surface area contributed by atoms with Crippen molar-refractivity contribution in [3.05, 3.63) is 35.4 Å². The van der Waals surface area contributed by atoms with Crippen molar-refractivity contribution < 1.29 is 9.59 Å². The Kier molecular flexibility index (Phi) is 3.60. The third-order valence-corrected chi connectivity index (χ3v) is 3.59. The molecule has 19 heavy (non-hydrogen) atoms. The van der Waals surface area contributed by atoms with E-state index >= 15 is 0 Å². The first kappa shape index (κ1) is 13.6. The van der Waals surface area contributed by atoms with Gasteiger partial charge in [0, 0.05) is 13.1 Å². The van der Waals surface area contributed by atoms with Gasteiger partial charge in [0.25, 0.3) is 0 Å². The Labute approximate surface area is 113 Å². The van der Waals surface area contributed by atoms with Gasteiger partial charge in [-0.15, -0.1) is 0 Å². The topological polar surface area (TPSA) is 49.4 Å². The number of hydrogen-bond donors (Lipinski definition) is 1. The van der Waals surface area contributed by atoms with Gasteiger partial charge < -0.3 is 10.2 Å². The van der Waals surface area contributed by atoms with Gasteiger partial charge in [-0.3, -0.25) is 9.59 Å². The fraction of sp³-hybridized carbons (Fsp3) is 0.467. The molecule has 1 aliphatic rings. The molecule has 0 aliphatic carbocycles. The summed E-state index contributed by atoms with van der Waals surface area (Å²) < 4.78 is 0. The van der Waals surface area contributed by atoms with Crippen LogP contribution in [0.1, 0.15) is 25.0 Å². The van der Waals surface area contributed by atoms with Gasteiger partial charge in [0.15, 0.2) is 0 Å². The molecule has 4 nitrogen and oxygen atoms in total. The van der Waals surface area contributed by atoms with Crippen LogP contribution < -0.4 is 5.32 Å². The first-order valence-corrected chi connectivity index (χ1v) is 6.55. The second kappa shape index (κ2) is 5.03. The van der Waals surface area contributed by atoms with Crippen LogP contribution in [-0.2, 0) is 16.0 Å². The maximum atomic E-state index is 12.4. The highest BCUT2D eigenvalue weighted by molar-refractivity contribution is 5.92. The number of benzene rings is 1. The van der Waals surface area contributed by atoms with Gasteiger partial charge in [-0.25, -0.2) is 0 Å². The lowest BCUT2D eigenvalue weighted by molar-refractivity contribution is -0.148. The summed E-state index contributed by atoms with van der Waals surface area (Å²) in [7, 11) is 0. The number of carbonyl (C=O) groups excluding carboxylic acids is 2. The summed E-state index contributed by atoms with van der Waals surface area (Å²) in [6, 6.07) is 7.91. The molecule has 1 fully saturated rings. The minimum Gasteiger partial charge on any atom is -0.352 e. The number of carbonyl (C=O) groups is 2. The maximum Gasteiger partial charge on any atom is 0.245 e. The summed E-state index contributed by atoms with van der Waals surface area (Å²) in [5, 5.41) is 2.80. The predicted molar refractivity (Wildman–Crippen MR) is 73.7 cm³/mol. The van der Waals surface area contributed by atoms with Crippen molar-refractivity contribution in [3.63, 3.8) is 0 Å².